The SMILES string of the molecule is C/C(=C\c1ccc(O[C@@H]2O[C@H](/C(=C/COc3ccc(Cl)cc3Cl)CO)[C@@H](O)[C@@H]2O)cc1F)C(=O)Nc1c(O)cc2c(c1O)OCO2. The van der Waals surface area contributed by atoms with E-state index in [4.69, 9.17) is 46.9 Å². The number of aliphatic hydroxyl groups is 3. The molecule has 2 heterocycles. The molecule has 12 nitrogen and oxygen atoms in total. The van der Waals surface area contributed by atoms with Gasteiger partial charge in [0.15, 0.2) is 11.5 Å². The Hall–Kier alpha value is -4.24. The van der Waals surface area contributed by atoms with Crippen molar-refractivity contribution in [2.24, 2.45) is 0 Å². The molecule has 0 saturated carbocycles. The number of carbonyl (C=O) groups is 1. The van der Waals surface area contributed by atoms with Gasteiger partial charge in [-0.3, -0.25) is 4.79 Å². The fraction of sp³-hybridized carbons (Fsp3) is 0.258. The van der Waals surface area contributed by atoms with Gasteiger partial charge >= 0.3 is 0 Å². The molecule has 1 amide bonds. The first kappa shape index (κ1) is 33.1. The number of aromatic hydroxyl groups is 2. The summed E-state index contributed by atoms with van der Waals surface area (Å²) in [5.41, 5.74) is -0.0866. The molecule has 0 unspecified atom stereocenters. The van der Waals surface area contributed by atoms with Crippen LogP contribution < -0.4 is 24.3 Å². The lowest BCUT2D eigenvalue weighted by Crippen LogP contribution is -2.35. The Labute approximate surface area is 271 Å². The van der Waals surface area contributed by atoms with Crippen molar-refractivity contribution in [2.75, 3.05) is 25.3 Å². The maximum absolute atomic E-state index is 15.0. The number of hydrogen-bond donors (Lipinski definition) is 6. The number of amides is 1. The molecular weight excluding hydrogens is 652 g/mol. The van der Waals surface area contributed by atoms with Gasteiger partial charge in [-0.1, -0.05) is 23.2 Å². The van der Waals surface area contributed by atoms with E-state index in [9.17, 15) is 30.3 Å². The van der Waals surface area contributed by atoms with E-state index in [1.807, 2.05) is 0 Å². The summed E-state index contributed by atoms with van der Waals surface area (Å²) in [5, 5.41) is 54.6. The Balaban J connectivity index is 1.22. The predicted octanol–water partition coefficient (Wildman–Crippen LogP) is 4.14. The number of carbonyl (C=O) groups excluding carboxylic acids is 1. The number of rotatable bonds is 10. The summed E-state index contributed by atoms with van der Waals surface area (Å²) < 4.78 is 42.1. The molecule has 244 valence electrons. The van der Waals surface area contributed by atoms with Crippen molar-refractivity contribution in [3.05, 3.63) is 81.1 Å². The zero-order valence-electron chi connectivity index (χ0n) is 23.9. The molecule has 2 aliphatic rings. The molecule has 5 rings (SSSR count). The summed E-state index contributed by atoms with van der Waals surface area (Å²) in [6.07, 6.45) is -2.93. The third-order valence-electron chi connectivity index (χ3n) is 7.06. The van der Waals surface area contributed by atoms with E-state index < -0.39 is 54.4 Å². The summed E-state index contributed by atoms with van der Waals surface area (Å²) in [7, 11) is 0. The summed E-state index contributed by atoms with van der Waals surface area (Å²) in [4.78, 5) is 12.7. The topological polar surface area (TPSA) is 176 Å². The third-order valence-corrected chi connectivity index (χ3v) is 7.59. The highest BCUT2D eigenvalue weighted by Crippen LogP contribution is 2.49. The van der Waals surface area contributed by atoms with E-state index in [-0.39, 0.29) is 58.1 Å². The predicted molar refractivity (Wildman–Crippen MR) is 163 cm³/mol. The van der Waals surface area contributed by atoms with Crippen LogP contribution in [-0.2, 0) is 9.53 Å². The van der Waals surface area contributed by atoms with Gasteiger partial charge in [0.05, 0.1) is 11.6 Å². The molecule has 0 aliphatic carbocycles. The molecule has 4 atom stereocenters. The molecule has 6 N–H and O–H groups in total. The second kappa shape index (κ2) is 14.0. The molecule has 0 aromatic heterocycles. The van der Waals surface area contributed by atoms with Gasteiger partial charge in [-0.25, -0.2) is 4.39 Å². The van der Waals surface area contributed by atoms with Crippen LogP contribution in [0.15, 0.2) is 59.7 Å². The maximum atomic E-state index is 15.0. The molecular formula is C31H28Cl2FNO11. The largest absolute Gasteiger partial charge is 0.505 e. The van der Waals surface area contributed by atoms with Crippen LogP contribution in [0.2, 0.25) is 10.0 Å². The highest BCUT2D eigenvalue weighted by molar-refractivity contribution is 6.35. The van der Waals surface area contributed by atoms with Gasteiger partial charge in [0.1, 0.15) is 53.7 Å². The number of fused-ring (bicyclic) bond motifs is 1. The van der Waals surface area contributed by atoms with E-state index in [0.717, 1.165) is 6.07 Å². The number of aliphatic hydroxyl groups excluding tert-OH is 3. The Bertz CT molecular complexity index is 1700. The number of nitrogens with one attached hydrogen (secondary N) is 1. The minimum absolute atomic E-state index is 0.00350. The maximum Gasteiger partial charge on any atom is 0.251 e. The van der Waals surface area contributed by atoms with E-state index in [1.165, 1.54) is 43.3 Å². The van der Waals surface area contributed by atoms with E-state index in [2.05, 4.69) is 5.32 Å². The van der Waals surface area contributed by atoms with Crippen molar-refractivity contribution in [1.29, 1.82) is 0 Å². The molecule has 1 saturated heterocycles. The molecule has 46 heavy (non-hydrogen) atoms. The number of phenols is 2. The lowest BCUT2D eigenvalue weighted by Gasteiger charge is -2.18. The average molecular weight is 680 g/mol. The Morgan fingerprint density at radius 2 is 1.89 bits per heavy atom. The smallest absolute Gasteiger partial charge is 0.251 e. The minimum Gasteiger partial charge on any atom is -0.505 e. The van der Waals surface area contributed by atoms with Crippen molar-refractivity contribution in [2.45, 2.75) is 31.5 Å². The minimum atomic E-state index is -1.55. The molecule has 0 bridgehead atoms. The first-order valence-electron chi connectivity index (χ1n) is 13.7. The fourth-order valence-electron chi connectivity index (χ4n) is 4.63. The lowest BCUT2D eigenvalue weighted by molar-refractivity contribution is -0.112. The van der Waals surface area contributed by atoms with Crippen LogP contribution in [0.3, 0.4) is 0 Å². The van der Waals surface area contributed by atoms with Crippen LogP contribution in [-0.4, -0.2) is 76.0 Å². The molecule has 3 aromatic rings. The van der Waals surface area contributed by atoms with Crippen molar-refractivity contribution in [3.8, 4) is 34.5 Å². The van der Waals surface area contributed by atoms with Gasteiger partial charge in [0.25, 0.3) is 5.91 Å². The summed E-state index contributed by atoms with van der Waals surface area (Å²) in [5.74, 6) is -2.17. The normalized spacial score (nSPS) is 20.9. The van der Waals surface area contributed by atoms with Crippen LogP contribution in [0.5, 0.6) is 34.5 Å². The first-order chi connectivity index (χ1) is 22.0. The second-order valence-corrected chi connectivity index (χ2v) is 11.0. The molecule has 0 radical (unpaired) electrons. The van der Waals surface area contributed by atoms with Crippen molar-refractivity contribution in [1.82, 2.24) is 0 Å². The highest BCUT2D eigenvalue weighted by Gasteiger charge is 2.45. The second-order valence-electron chi connectivity index (χ2n) is 10.2. The van der Waals surface area contributed by atoms with E-state index in [1.54, 1.807) is 12.1 Å². The van der Waals surface area contributed by atoms with Crippen LogP contribution in [0.1, 0.15) is 12.5 Å². The third kappa shape index (κ3) is 7.09. The molecule has 15 heteroatoms. The standard InChI is InChI=1S/C31H28Cl2FNO11/c1-14(30(41)35-24-21(37)11-23-29(25(24)38)44-13-43-23)8-15-2-4-18(10-20(15)34)45-31-27(40)26(39)28(46-31)16(12-36)6-7-42-22-5-3-17(32)9-19(22)33/h2-6,8-11,26-28,31,36-40H,7,12-13H2,1H3,(H,35,41)/b14-8+,16-6+/t26-,27-,28+,31+/m0/s1. The zero-order chi connectivity index (χ0) is 33.1. The molecule has 1 fully saturated rings. The van der Waals surface area contributed by atoms with Crippen LogP contribution in [0.4, 0.5) is 10.1 Å². The molecule has 0 spiro atoms. The van der Waals surface area contributed by atoms with E-state index >= 15 is 4.39 Å². The van der Waals surface area contributed by atoms with Gasteiger partial charge < -0.3 is 54.5 Å². The van der Waals surface area contributed by atoms with Crippen LogP contribution in [0, 0.1) is 5.82 Å². The number of anilines is 1. The van der Waals surface area contributed by atoms with Crippen LogP contribution >= 0.6 is 23.2 Å². The number of phenolic OH excluding ortho intramolecular Hbond substituents is 2. The van der Waals surface area contributed by atoms with Gasteiger partial charge in [-0.05, 0) is 55.0 Å². The van der Waals surface area contributed by atoms with Gasteiger partial charge in [0, 0.05) is 28.3 Å². The van der Waals surface area contributed by atoms with Crippen molar-refractivity contribution >= 4 is 40.9 Å². The molecule has 3 aromatic carbocycles. The number of hydrogen-bond acceptors (Lipinski definition) is 11. The number of halogens is 3. The van der Waals surface area contributed by atoms with Crippen molar-refractivity contribution < 1.29 is 58.4 Å². The summed E-state index contributed by atoms with van der Waals surface area (Å²) in [6, 6.07) is 9.50. The number of ether oxygens (including phenoxy) is 5. The molecule has 2 aliphatic heterocycles. The van der Waals surface area contributed by atoms with Gasteiger partial charge in [-0.15, -0.1) is 0 Å². The fourth-order valence-corrected chi connectivity index (χ4v) is 5.09. The Morgan fingerprint density at radius 1 is 1.11 bits per heavy atom. The lowest BCUT2D eigenvalue weighted by atomic mass is 10.0. The monoisotopic (exact) mass is 679 g/mol. The van der Waals surface area contributed by atoms with Crippen molar-refractivity contribution in [3.63, 3.8) is 0 Å². The quantitative estimate of drug-likeness (QED) is 0.103. The zero-order valence-corrected chi connectivity index (χ0v) is 25.5. The number of benzene rings is 3. The van der Waals surface area contributed by atoms with Crippen LogP contribution in [0.25, 0.3) is 6.08 Å². The van der Waals surface area contributed by atoms with E-state index in [0.29, 0.717) is 10.8 Å². The summed E-state index contributed by atoms with van der Waals surface area (Å²) >= 11 is 12.0. The van der Waals surface area contributed by atoms with Gasteiger partial charge in [0.2, 0.25) is 18.8 Å². The Kier molecular flexibility index (Phi) is 10.1. The summed E-state index contributed by atoms with van der Waals surface area (Å²) in [6.45, 7) is 0.645. The first-order valence-corrected chi connectivity index (χ1v) is 14.4. The Morgan fingerprint density at radius 3 is 2.61 bits per heavy atom. The van der Waals surface area contributed by atoms with Gasteiger partial charge in [-0.2, -0.15) is 0 Å². The average Bonchev–Trinajstić information content (AvgIpc) is 3.60. The highest BCUT2D eigenvalue weighted by atomic mass is 35.5.